The van der Waals surface area contributed by atoms with Crippen molar-refractivity contribution in [2.75, 3.05) is 5.75 Å². The van der Waals surface area contributed by atoms with Gasteiger partial charge in [-0.05, 0) is 0 Å². The zero-order valence-electron chi connectivity index (χ0n) is 9.26. The number of hydrogen-bond acceptors (Lipinski definition) is 4. The molecule has 0 atom stereocenters. The maximum absolute atomic E-state index is 11.7. The van der Waals surface area contributed by atoms with Crippen LogP contribution in [0.1, 0.15) is 11.8 Å². The van der Waals surface area contributed by atoms with E-state index in [-0.39, 0.29) is 24.2 Å². The van der Waals surface area contributed by atoms with Gasteiger partial charge in [0, 0.05) is 5.56 Å². The number of rotatable bonds is 4. The van der Waals surface area contributed by atoms with Crippen LogP contribution in [0, 0.1) is 0 Å². The van der Waals surface area contributed by atoms with Crippen molar-refractivity contribution < 1.29 is 23.2 Å². The molecule has 0 saturated heterocycles. The van der Waals surface area contributed by atoms with Gasteiger partial charge in [0.1, 0.15) is 6.33 Å². The zero-order chi connectivity index (χ0) is 10.5. The summed E-state index contributed by atoms with van der Waals surface area (Å²) >= 11 is 1.33. The number of carbonyl (C=O) groups is 1. The topological polar surface area (TPSA) is 58.6 Å². The van der Waals surface area contributed by atoms with E-state index in [9.17, 15) is 4.79 Å². The van der Waals surface area contributed by atoms with E-state index in [2.05, 4.69) is 15.2 Å². The highest BCUT2D eigenvalue weighted by atomic mass is 79.9. The maximum Gasteiger partial charge on any atom is 1.00 e. The molecule has 0 amide bonds. The molecule has 0 bridgehead atoms. The fourth-order valence-corrected chi connectivity index (χ4v) is 1.78. The van der Waals surface area contributed by atoms with Crippen molar-refractivity contribution >= 4 is 17.5 Å². The Balaban J connectivity index is 0.00000128. The van der Waals surface area contributed by atoms with Crippen LogP contribution in [0.25, 0.3) is 0 Å². The molecule has 0 fully saturated rings. The van der Waals surface area contributed by atoms with E-state index in [1.54, 1.807) is 12.1 Å². The Morgan fingerprint density at radius 1 is 1.38 bits per heavy atom. The van der Waals surface area contributed by atoms with Crippen molar-refractivity contribution in [2.24, 2.45) is 0 Å². The van der Waals surface area contributed by atoms with E-state index < -0.39 is 0 Å². The summed E-state index contributed by atoms with van der Waals surface area (Å²) < 4.78 is 0. The third kappa shape index (κ3) is 3.46. The second kappa shape index (κ2) is 6.44. The van der Waals surface area contributed by atoms with Gasteiger partial charge >= 0.3 is 1.43 Å². The molecule has 0 aliphatic rings. The van der Waals surface area contributed by atoms with E-state index in [0.717, 1.165) is 5.56 Å². The van der Waals surface area contributed by atoms with Crippen LogP contribution >= 0.6 is 11.8 Å². The van der Waals surface area contributed by atoms with Crippen molar-refractivity contribution in [1.29, 1.82) is 0 Å². The molecule has 0 radical (unpaired) electrons. The van der Waals surface area contributed by atoms with Crippen molar-refractivity contribution in [3.63, 3.8) is 0 Å². The second-order valence-corrected chi connectivity index (χ2v) is 3.80. The quantitative estimate of drug-likeness (QED) is 0.575. The average Bonchev–Trinajstić information content (AvgIpc) is 2.80. The highest BCUT2D eigenvalue weighted by molar-refractivity contribution is 7.99. The van der Waals surface area contributed by atoms with Gasteiger partial charge in [-0.25, -0.2) is 4.98 Å². The number of Topliss-reactive ketones (excluding diaryl/α,β-unsaturated/α-hetero) is 1. The van der Waals surface area contributed by atoms with Crippen molar-refractivity contribution in [2.45, 2.75) is 5.16 Å². The van der Waals surface area contributed by atoms with E-state index in [4.69, 9.17) is 0 Å². The molecule has 2 aromatic rings. The lowest BCUT2D eigenvalue weighted by Crippen LogP contribution is -3.00. The number of nitrogens with one attached hydrogen (secondary N) is 1. The number of ketones is 1. The number of H-pyrrole nitrogens is 1. The van der Waals surface area contributed by atoms with E-state index in [1.165, 1.54) is 18.1 Å². The van der Waals surface area contributed by atoms with E-state index in [1.807, 2.05) is 18.2 Å². The van der Waals surface area contributed by atoms with E-state index >= 15 is 0 Å². The van der Waals surface area contributed by atoms with Gasteiger partial charge in [-0.15, -0.1) is 5.10 Å². The third-order valence-corrected chi connectivity index (χ3v) is 2.68. The first-order valence-electron chi connectivity index (χ1n) is 4.43. The summed E-state index contributed by atoms with van der Waals surface area (Å²) in [5.74, 6) is 0.451. The predicted octanol–water partition coefficient (Wildman–Crippen LogP) is -1.10. The summed E-state index contributed by atoms with van der Waals surface area (Å²) in [6.07, 6.45) is 1.50. The molecule has 0 saturated carbocycles. The van der Waals surface area contributed by atoms with Gasteiger partial charge in [-0.1, -0.05) is 42.1 Å². The van der Waals surface area contributed by atoms with Gasteiger partial charge in [0.15, 0.2) is 5.78 Å². The largest absolute Gasteiger partial charge is 1.00 e. The predicted molar refractivity (Wildman–Crippen MR) is 59.0 cm³/mol. The van der Waals surface area contributed by atoms with Crippen LogP contribution in [-0.4, -0.2) is 26.7 Å². The minimum absolute atomic E-state index is 0. The number of aromatic nitrogens is 3. The van der Waals surface area contributed by atoms with Crippen molar-refractivity contribution in [3.05, 3.63) is 42.2 Å². The number of halogens is 1. The Labute approximate surface area is 109 Å². The summed E-state index contributed by atoms with van der Waals surface area (Å²) in [6.45, 7) is 0. The molecule has 4 nitrogen and oxygen atoms in total. The number of hydrogen-bond donors (Lipinski definition) is 1. The van der Waals surface area contributed by atoms with Crippen LogP contribution in [0.4, 0.5) is 0 Å². The molecule has 0 aliphatic heterocycles. The molecule has 1 N–H and O–H groups in total. The summed E-state index contributed by atoms with van der Waals surface area (Å²) in [5.41, 5.74) is 0.723. The molecule has 6 heteroatoms. The Kier molecular flexibility index (Phi) is 5.21. The molecule has 0 unspecified atom stereocenters. The number of nitrogens with zero attached hydrogens (tertiary/aromatic N) is 2. The lowest BCUT2D eigenvalue weighted by Gasteiger charge is -1.97. The van der Waals surface area contributed by atoms with Gasteiger partial charge in [-0.3, -0.25) is 9.89 Å². The Morgan fingerprint density at radius 3 is 2.75 bits per heavy atom. The first kappa shape index (κ1) is 12.9. The Morgan fingerprint density at radius 2 is 2.12 bits per heavy atom. The third-order valence-electron chi connectivity index (χ3n) is 1.82. The van der Waals surface area contributed by atoms with Crippen LogP contribution in [0.5, 0.6) is 0 Å². The Hall–Kier alpha value is -1.14. The molecular formula is C10H10BrN3OS. The van der Waals surface area contributed by atoms with Crippen LogP contribution in [0.15, 0.2) is 41.8 Å². The summed E-state index contributed by atoms with van der Waals surface area (Å²) in [7, 11) is 0. The summed E-state index contributed by atoms with van der Waals surface area (Å²) in [5, 5.41) is 7.05. The van der Waals surface area contributed by atoms with Crippen LogP contribution in [0.3, 0.4) is 0 Å². The number of carbonyl (C=O) groups excluding carboxylic acids is 1. The molecule has 16 heavy (non-hydrogen) atoms. The normalized spacial score (nSPS) is 9.50. The zero-order valence-corrected chi connectivity index (χ0v) is 10.7. The highest BCUT2D eigenvalue weighted by Crippen LogP contribution is 2.13. The summed E-state index contributed by atoms with van der Waals surface area (Å²) in [6, 6.07) is 9.20. The van der Waals surface area contributed by atoms with Gasteiger partial charge < -0.3 is 17.0 Å². The lowest BCUT2D eigenvalue weighted by atomic mass is 10.2. The minimum atomic E-state index is 0. The number of benzene rings is 1. The first-order valence-corrected chi connectivity index (χ1v) is 5.41. The smallest absolute Gasteiger partial charge is 1.00 e. The molecule has 1 heterocycles. The molecule has 0 aliphatic carbocycles. The molecule has 0 spiro atoms. The monoisotopic (exact) mass is 299 g/mol. The SMILES string of the molecule is O=C(CSc1nc[nH]n1)c1ccccc1.[Br-].[H+]. The van der Waals surface area contributed by atoms with Gasteiger partial charge in [0.2, 0.25) is 5.16 Å². The van der Waals surface area contributed by atoms with Crippen molar-refractivity contribution in [3.8, 4) is 0 Å². The van der Waals surface area contributed by atoms with Gasteiger partial charge in [0.05, 0.1) is 5.75 Å². The summed E-state index contributed by atoms with van der Waals surface area (Å²) in [4.78, 5) is 15.6. The molecule has 84 valence electrons. The fraction of sp³-hybridized carbons (Fsp3) is 0.100. The van der Waals surface area contributed by atoms with E-state index in [0.29, 0.717) is 10.9 Å². The van der Waals surface area contributed by atoms with Crippen LogP contribution < -0.4 is 17.0 Å². The molecular weight excluding hydrogens is 290 g/mol. The fourth-order valence-electron chi connectivity index (χ4n) is 1.10. The second-order valence-electron chi connectivity index (χ2n) is 2.86. The van der Waals surface area contributed by atoms with Gasteiger partial charge in [0.25, 0.3) is 0 Å². The lowest BCUT2D eigenvalue weighted by molar-refractivity contribution is -0.0000109. The highest BCUT2D eigenvalue weighted by Gasteiger charge is 2.06. The standard InChI is InChI=1S/C10H9N3OS.BrH/c14-9(8-4-2-1-3-5-8)6-15-10-11-7-12-13-10;/h1-5,7H,6H2,(H,11,12,13);1H. The minimum Gasteiger partial charge on any atom is -1.00 e. The van der Waals surface area contributed by atoms with Crippen molar-refractivity contribution in [1.82, 2.24) is 15.2 Å². The molecule has 1 aromatic carbocycles. The maximum atomic E-state index is 11.7. The number of thioether (sulfide) groups is 1. The molecule has 1 aromatic heterocycles. The van der Waals surface area contributed by atoms with Crippen LogP contribution in [0.2, 0.25) is 0 Å². The first-order chi connectivity index (χ1) is 7.36. The average molecular weight is 300 g/mol. The van der Waals surface area contributed by atoms with Crippen LogP contribution in [-0.2, 0) is 0 Å². The van der Waals surface area contributed by atoms with Gasteiger partial charge in [-0.2, -0.15) is 0 Å². The molecule has 2 rings (SSSR count). The Bertz CT molecular complexity index is 438. The number of aromatic amines is 1.